The lowest BCUT2D eigenvalue weighted by atomic mass is 9.76. The van der Waals surface area contributed by atoms with E-state index in [4.69, 9.17) is 0 Å². The van der Waals surface area contributed by atoms with Gasteiger partial charge in [-0.1, -0.05) is 30.0 Å². The number of fused-ring (bicyclic) bond motifs is 3. The SMILES string of the molecule is OC[C@@H]1C[C@@H]2CCN1C[C@@H]2C#Cc1ccccc1. The molecule has 2 heteroatoms. The number of aliphatic hydroxyl groups excluding tert-OH is 1. The minimum absolute atomic E-state index is 0.301. The summed E-state index contributed by atoms with van der Waals surface area (Å²) in [4.78, 5) is 2.41. The first-order valence-corrected chi connectivity index (χ1v) is 6.78. The van der Waals surface area contributed by atoms with Crippen LogP contribution in [0.4, 0.5) is 0 Å². The summed E-state index contributed by atoms with van der Waals surface area (Å²) in [6.07, 6.45) is 2.36. The van der Waals surface area contributed by atoms with Crippen molar-refractivity contribution in [1.82, 2.24) is 4.90 Å². The highest BCUT2D eigenvalue weighted by atomic mass is 16.3. The summed E-state index contributed by atoms with van der Waals surface area (Å²) in [5.41, 5.74) is 1.10. The van der Waals surface area contributed by atoms with Crippen LogP contribution in [0, 0.1) is 23.7 Å². The van der Waals surface area contributed by atoms with E-state index in [2.05, 4.69) is 28.9 Å². The summed E-state index contributed by atoms with van der Waals surface area (Å²) in [6.45, 7) is 2.48. The van der Waals surface area contributed by atoms with Gasteiger partial charge >= 0.3 is 0 Å². The van der Waals surface area contributed by atoms with Crippen molar-refractivity contribution in [2.45, 2.75) is 18.9 Å². The van der Waals surface area contributed by atoms with Crippen molar-refractivity contribution in [3.8, 4) is 11.8 Å². The van der Waals surface area contributed by atoms with Gasteiger partial charge in [-0.3, -0.25) is 4.90 Å². The molecule has 3 aliphatic rings. The molecule has 0 radical (unpaired) electrons. The lowest BCUT2D eigenvalue weighted by Crippen LogP contribution is -2.54. The molecule has 18 heavy (non-hydrogen) atoms. The number of benzene rings is 1. The molecular formula is C16H19NO. The Balaban J connectivity index is 1.71. The summed E-state index contributed by atoms with van der Waals surface area (Å²) < 4.78 is 0. The van der Waals surface area contributed by atoms with Gasteiger partial charge in [0.2, 0.25) is 0 Å². The minimum Gasteiger partial charge on any atom is -0.395 e. The van der Waals surface area contributed by atoms with Crippen LogP contribution in [-0.4, -0.2) is 35.7 Å². The van der Waals surface area contributed by atoms with E-state index in [0.717, 1.165) is 25.1 Å². The van der Waals surface area contributed by atoms with Gasteiger partial charge < -0.3 is 5.11 Å². The summed E-state index contributed by atoms with van der Waals surface area (Å²) in [5.74, 6) is 7.90. The van der Waals surface area contributed by atoms with Crippen LogP contribution in [0.1, 0.15) is 18.4 Å². The molecule has 1 unspecified atom stereocenters. The normalized spacial score (nSPS) is 33.8. The van der Waals surface area contributed by atoms with Crippen LogP contribution < -0.4 is 0 Å². The van der Waals surface area contributed by atoms with E-state index in [1.807, 2.05) is 18.2 Å². The Hall–Kier alpha value is -1.30. The molecule has 2 bridgehead atoms. The Morgan fingerprint density at radius 2 is 2.11 bits per heavy atom. The number of aliphatic hydroxyl groups is 1. The standard InChI is InChI=1S/C16H19NO/c18-12-16-10-14-8-9-17(16)11-15(14)7-6-13-4-2-1-3-5-13/h1-5,14-16,18H,8-12H2/t14-,15-,16-/m0/s1. The zero-order valence-corrected chi connectivity index (χ0v) is 10.5. The minimum atomic E-state index is 0.301. The first-order chi connectivity index (χ1) is 8.86. The first kappa shape index (κ1) is 11.8. The second-order valence-electron chi connectivity index (χ2n) is 5.36. The fourth-order valence-electron chi connectivity index (χ4n) is 3.19. The van der Waals surface area contributed by atoms with Crippen LogP contribution in [0.25, 0.3) is 0 Å². The molecule has 3 heterocycles. The lowest BCUT2D eigenvalue weighted by molar-refractivity contribution is -0.00370. The molecule has 0 spiro atoms. The quantitative estimate of drug-likeness (QED) is 0.757. The van der Waals surface area contributed by atoms with Gasteiger partial charge in [0.05, 0.1) is 6.61 Å². The Morgan fingerprint density at radius 1 is 1.28 bits per heavy atom. The third-order valence-corrected chi connectivity index (χ3v) is 4.27. The van der Waals surface area contributed by atoms with Gasteiger partial charge in [-0.15, -0.1) is 0 Å². The Morgan fingerprint density at radius 3 is 2.78 bits per heavy atom. The molecule has 3 aliphatic heterocycles. The molecule has 1 aromatic rings. The molecule has 1 aromatic carbocycles. The molecule has 0 aromatic heterocycles. The van der Waals surface area contributed by atoms with E-state index in [1.54, 1.807) is 0 Å². The monoisotopic (exact) mass is 241 g/mol. The van der Waals surface area contributed by atoms with Crippen molar-refractivity contribution in [3.05, 3.63) is 35.9 Å². The average Bonchev–Trinajstić information content (AvgIpc) is 2.46. The smallest absolute Gasteiger partial charge is 0.0586 e. The highest BCUT2D eigenvalue weighted by molar-refractivity contribution is 5.34. The highest BCUT2D eigenvalue weighted by Crippen LogP contribution is 2.35. The fraction of sp³-hybridized carbons (Fsp3) is 0.500. The van der Waals surface area contributed by atoms with Crippen LogP contribution in [0.5, 0.6) is 0 Å². The number of hydrogen-bond acceptors (Lipinski definition) is 2. The number of nitrogens with zero attached hydrogens (tertiary/aromatic N) is 1. The predicted octanol–water partition coefficient (Wildman–Crippen LogP) is 1.74. The van der Waals surface area contributed by atoms with Gasteiger partial charge in [-0.05, 0) is 37.4 Å². The van der Waals surface area contributed by atoms with E-state index in [-0.39, 0.29) is 0 Å². The Kier molecular flexibility index (Phi) is 3.36. The average molecular weight is 241 g/mol. The van der Waals surface area contributed by atoms with Crippen LogP contribution in [0.3, 0.4) is 0 Å². The maximum atomic E-state index is 9.33. The van der Waals surface area contributed by atoms with Crippen LogP contribution >= 0.6 is 0 Å². The summed E-state index contributed by atoms with van der Waals surface area (Å²) in [5, 5.41) is 9.33. The third kappa shape index (κ3) is 2.29. The largest absolute Gasteiger partial charge is 0.395 e. The summed E-state index contributed by atoms with van der Waals surface area (Å²) in [6, 6.07) is 10.6. The second kappa shape index (κ2) is 5.14. The van der Waals surface area contributed by atoms with Gasteiger partial charge in [0.15, 0.2) is 0 Å². The van der Waals surface area contributed by atoms with Crippen LogP contribution in [-0.2, 0) is 0 Å². The summed E-state index contributed by atoms with van der Waals surface area (Å²) in [7, 11) is 0. The van der Waals surface area contributed by atoms with Gasteiger partial charge in [-0.2, -0.15) is 0 Å². The van der Waals surface area contributed by atoms with Gasteiger partial charge in [0.1, 0.15) is 0 Å². The molecule has 4 atom stereocenters. The molecule has 0 amide bonds. The molecule has 1 N–H and O–H groups in total. The molecule has 0 aliphatic carbocycles. The van der Waals surface area contributed by atoms with Crippen molar-refractivity contribution in [2.75, 3.05) is 19.7 Å². The van der Waals surface area contributed by atoms with Gasteiger partial charge in [-0.25, -0.2) is 0 Å². The van der Waals surface area contributed by atoms with E-state index >= 15 is 0 Å². The van der Waals surface area contributed by atoms with E-state index in [1.165, 1.54) is 6.42 Å². The zero-order chi connectivity index (χ0) is 12.4. The molecule has 3 fully saturated rings. The lowest BCUT2D eigenvalue weighted by Gasteiger charge is -2.47. The van der Waals surface area contributed by atoms with E-state index < -0.39 is 0 Å². The fourth-order valence-corrected chi connectivity index (χ4v) is 3.19. The molecule has 0 saturated carbocycles. The van der Waals surface area contributed by atoms with Crippen molar-refractivity contribution < 1.29 is 5.11 Å². The number of hydrogen-bond donors (Lipinski definition) is 1. The molecule has 94 valence electrons. The van der Waals surface area contributed by atoms with Gasteiger partial charge in [0.25, 0.3) is 0 Å². The number of piperidine rings is 3. The predicted molar refractivity (Wildman–Crippen MR) is 72.0 cm³/mol. The van der Waals surface area contributed by atoms with Gasteiger partial charge in [0, 0.05) is 24.1 Å². The Labute approximate surface area is 109 Å². The molecule has 3 saturated heterocycles. The third-order valence-electron chi connectivity index (χ3n) is 4.27. The maximum Gasteiger partial charge on any atom is 0.0586 e. The second-order valence-corrected chi connectivity index (χ2v) is 5.36. The van der Waals surface area contributed by atoms with E-state index in [9.17, 15) is 5.11 Å². The van der Waals surface area contributed by atoms with Crippen molar-refractivity contribution in [1.29, 1.82) is 0 Å². The van der Waals surface area contributed by atoms with Crippen molar-refractivity contribution in [2.24, 2.45) is 11.8 Å². The van der Waals surface area contributed by atoms with Crippen LogP contribution in [0.15, 0.2) is 30.3 Å². The topological polar surface area (TPSA) is 23.5 Å². The van der Waals surface area contributed by atoms with E-state index in [0.29, 0.717) is 24.5 Å². The highest BCUT2D eigenvalue weighted by Gasteiger charge is 2.38. The van der Waals surface area contributed by atoms with Crippen molar-refractivity contribution >= 4 is 0 Å². The molecular weight excluding hydrogens is 222 g/mol. The summed E-state index contributed by atoms with van der Waals surface area (Å²) >= 11 is 0. The maximum absolute atomic E-state index is 9.33. The zero-order valence-electron chi connectivity index (χ0n) is 10.5. The first-order valence-electron chi connectivity index (χ1n) is 6.78. The van der Waals surface area contributed by atoms with Crippen molar-refractivity contribution in [3.63, 3.8) is 0 Å². The number of rotatable bonds is 1. The Bertz CT molecular complexity index is 459. The van der Waals surface area contributed by atoms with Crippen LogP contribution in [0.2, 0.25) is 0 Å². The molecule has 2 nitrogen and oxygen atoms in total. The molecule has 4 rings (SSSR count).